The number of amides is 2. The Morgan fingerprint density at radius 3 is 2.44 bits per heavy atom. The third-order valence-electron chi connectivity index (χ3n) is 12.0. The molecule has 5 heterocycles. The summed E-state index contributed by atoms with van der Waals surface area (Å²) in [6.07, 6.45) is 6.92. The number of hydrogen-bond acceptors (Lipinski definition) is 11. The Morgan fingerprint density at radius 2 is 1.75 bits per heavy atom. The number of ketones is 1. The number of aromatic nitrogens is 4. The second-order valence-corrected chi connectivity index (χ2v) is 16.9. The number of pyridine rings is 2. The summed E-state index contributed by atoms with van der Waals surface area (Å²) in [5, 5.41) is 16.2. The number of ether oxygens (including phenoxy) is 2. The fourth-order valence-corrected chi connectivity index (χ4v) is 9.25. The Bertz CT molecular complexity index is 2240. The number of piperidine rings is 1. The Kier molecular flexibility index (Phi) is 11.4. The first-order valence-corrected chi connectivity index (χ1v) is 20.0. The van der Waals surface area contributed by atoms with Crippen LogP contribution < -0.4 is 25.4 Å². The van der Waals surface area contributed by atoms with E-state index in [0.29, 0.717) is 46.3 Å². The van der Waals surface area contributed by atoms with Gasteiger partial charge in [-0.05, 0) is 68.5 Å². The minimum Gasteiger partial charge on any atom is -0.493 e. The number of halogens is 1. The summed E-state index contributed by atoms with van der Waals surface area (Å²) in [6.45, 7) is 13.7. The number of nitriles is 1. The smallest absolute Gasteiger partial charge is 0.351 e. The van der Waals surface area contributed by atoms with Gasteiger partial charge >= 0.3 is 5.69 Å². The zero-order valence-corrected chi connectivity index (χ0v) is 33.6. The molecule has 2 amide bonds. The van der Waals surface area contributed by atoms with Crippen molar-refractivity contribution in [1.29, 1.82) is 5.26 Å². The minimum absolute atomic E-state index is 0.0759. The van der Waals surface area contributed by atoms with Gasteiger partial charge in [-0.3, -0.25) is 29.0 Å². The van der Waals surface area contributed by atoms with E-state index < -0.39 is 17.6 Å². The molecule has 1 unspecified atom stereocenters. The molecular formula is C42H49ClN8O6. The number of rotatable bonds is 14. The van der Waals surface area contributed by atoms with Crippen LogP contribution in [0.25, 0.3) is 5.65 Å². The molecule has 0 spiro atoms. The normalized spacial score (nSPS) is 21.8. The average Bonchev–Trinajstić information content (AvgIpc) is 3.52. The van der Waals surface area contributed by atoms with Gasteiger partial charge in [0, 0.05) is 79.9 Å². The number of nitrogens with zero attached hydrogens (tertiary/aromatic N) is 7. The molecule has 7 rings (SSSR count). The maximum Gasteiger partial charge on any atom is 0.351 e. The molecule has 0 radical (unpaired) electrons. The molecule has 57 heavy (non-hydrogen) atoms. The molecule has 3 fully saturated rings. The summed E-state index contributed by atoms with van der Waals surface area (Å²) >= 11 is 6.25. The number of fused-ring (bicyclic) bond motifs is 1. The lowest BCUT2D eigenvalue weighted by atomic mass is 9.44. The van der Waals surface area contributed by atoms with Crippen LogP contribution in [0, 0.1) is 28.1 Å². The third-order valence-corrected chi connectivity index (χ3v) is 12.3. The number of anilines is 1. The number of unbranched alkanes of at least 4 members (excludes halogenated alkanes) is 2. The first-order valence-electron chi connectivity index (χ1n) is 19.7. The van der Waals surface area contributed by atoms with Gasteiger partial charge in [0.2, 0.25) is 5.91 Å². The van der Waals surface area contributed by atoms with Crippen LogP contribution >= 0.6 is 11.6 Å². The maximum absolute atomic E-state index is 13.5. The Hall–Kier alpha value is -5.26. The van der Waals surface area contributed by atoms with E-state index in [-0.39, 0.29) is 47.4 Å². The fourth-order valence-electron chi connectivity index (χ4n) is 9.04. The monoisotopic (exact) mass is 796 g/mol. The van der Waals surface area contributed by atoms with Crippen LogP contribution in [-0.4, -0.2) is 87.1 Å². The molecule has 1 aliphatic carbocycles. The molecule has 3 aromatic heterocycles. The zero-order chi connectivity index (χ0) is 40.5. The van der Waals surface area contributed by atoms with Crippen molar-refractivity contribution in [3.8, 4) is 17.6 Å². The van der Waals surface area contributed by atoms with Gasteiger partial charge in [0.05, 0.1) is 17.2 Å². The number of Topliss-reactive ketones (excluding diaryl/α,β-unsaturated/α-hetero) is 1. The van der Waals surface area contributed by atoms with Gasteiger partial charge in [-0.15, -0.1) is 5.10 Å². The molecule has 14 nitrogen and oxygen atoms in total. The topological polar surface area (TPSA) is 164 Å². The molecule has 15 heteroatoms. The summed E-state index contributed by atoms with van der Waals surface area (Å²) in [5.41, 5.74) is 0.466. The molecule has 1 aromatic carbocycles. The Morgan fingerprint density at radius 1 is 0.982 bits per heavy atom. The predicted octanol–water partition coefficient (Wildman–Crippen LogP) is 5.47. The lowest BCUT2D eigenvalue weighted by molar-refractivity contribution is -0.196. The number of piperazine rings is 1. The molecule has 0 bridgehead atoms. The average molecular weight is 797 g/mol. The van der Waals surface area contributed by atoms with Crippen molar-refractivity contribution in [2.75, 3.05) is 44.2 Å². The van der Waals surface area contributed by atoms with Crippen LogP contribution in [-0.2, 0) is 9.59 Å². The van der Waals surface area contributed by atoms with Crippen LogP contribution in [0.15, 0.2) is 59.7 Å². The van der Waals surface area contributed by atoms with Crippen molar-refractivity contribution >= 4 is 40.7 Å². The highest BCUT2D eigenvalue weighted by Crippen LogP contribution is 2.61. The van der Waals surface area contributed by atoms with Crippen LogP contribution in [0.2, 0.25) is 5.02 Å². The van der Waals surface area contributed by atoms with Gasteiger partial charge in [-0.25, -0.2) is 9.78 Å². The molecule has 300 valence electrons. The molecule has 2 saturated heterocycles. The van der Waals surface area contributed by atoms with Crippen LogP contribution in [0.1, 0.15) is 88.2 Å². The number of nitrogens with one attached hydrogen (secondary N) is 1. The molecule has 4 aromatic rings. The summed E-state index contributed by atoms with van der Waals surface area (Å²) in [4.78, 5) is 59.5. The van der Waals surface area contributed by atoms with Crippen molar-refractivity contribution < 1.29 is 23.9 Å². The molecule has 3 aliphatic rings. The summed E-state index contributed by atoms with van der Waals surface area (Å²) in [7, 11) is 0. The highest BCUT2D eigenvalue weighted by atomic mass is 35.5. The van der Waals surface area contributed by atoms with Crippen molar-refractivity contribution in [3.05, 3.63) is 81.5 Å². The lowest BCUT2D eigenvalue weighted by Gasteiger charge is -2.63. The quantitative estimate of drug-likeness (QED) is 0.0978. The van der Waals surface area contributed by atoms with Gasteiger partial charge in [-0.2, -0.15) is 9.94 Å². The van der Waals surface area contributed by atoms with Gasteiger partial charge < -0.3 is 14.4 Å². The molecule has 1 N–H and O–H groups in total. The molecule has 1 atom stereocenters. The van der Waals surface area contributed by atoms with Crippen molar-refractivity contribution in [1.82, 2.24) is 29.4 Å². The lowest BCUT2D eigenvalue weighted by Crippen LogP contribution is -2.66. The number of carbonyl (C=O) groups excluding carboxylic acids is 3. The van der Waals surface area contributed by atoms with Crippen LogP contribution in [0.5, 0.6) is 11.5 Å². The van der Waals surface area contributed by atoms with E-state index in [4.69, 9.17) is 26.1 Å². The van der Waals surface area contributed by atoms with Gasteiger partial charge in [0.1, 0.15) is 35.5 Å². The van der Waals surface area contributed by atoms with E-state index in [1.807, 2.05) is 12.1 Å². The number of benzene rings is 1. The van der Waals surface area contributed by atoms with Crippen molar-refractivity contribution in [3.63, 3.8) is 0 Å². The van der Waals surface area contributed by atoms with E-state index >= 15 is 0 Å². The zero-order valence-electron chi connectivity index (χ0n) is 32.9. The first-order chi connectivity index (χ1) is 27.3. The van der Waals surface area contributed by atoms with Crippen molar-refractivity contribution in [2.45, 2.75) is 78.4 Å². The molecular weight excluding hydrogens is 748 g/mol. The van der Waals surface area contributed by atoms with Crippen molar-refractivity contribution in [2.24, 2.45) is 16.7 Å². The summed E-state index contributed by atoms with van der Waals surface area (Å²) in [5.74, 6) is 1.42. The van der Waals surface area contributed by atoms with Gasteiger partial charge in [0.15, 0.2) is 11.4 Å². The number of imide groups is 1. The van der Waals surface area contributed by atoms with E-state index in [9.17, 15) is 24.4 Å². The highest BCUT2D eigenvalue weighted by Gasteiger charge is 2.63. The first kappa shape index (κ1) is 40.0. The van der Waals surface area contributed by atoms with Crippen LogP contribution in [0.3, 0.4) is 0 Å². The number of carbonyl (C=O) groups is 3. The van der Waals surface area contributed by atoms with Gasteiger partial charge in [-0.1, -0.05) is 39.3 Å². The standard InChI is InChI=1S/C42H49ClN8O6/c1-41(2)34(42(3,4)39(41)57-30-10-8-27(25-44)31(43)22-30)24-33(52)28-9-12-35(45-26-28)49-19-17-48(18-20-49)15-6-5-7-21-56-29-14-16-50-36(23-29)47-51(40(50)55)32-11-13-37(53)46-38(32)54/h8-10,12,14,16,22-23,26,32,34,39H,5-7,11,13,15,17-21,24H2,1-4H3,(H,46,53,54). The number of hydrogen-bond donors (Lipinski definition) is 1. The second kappa shape index (κ2) is 16.3. The predicted molar refractivity (Wildman–Crippen MR) is 214 cm³/mol. The molecule has 2 aliphatic heterocycles. The highest BCUT2D eigenvalue weighted by molar-refractivity contribution is 6.31. The third kappa shape index (κ3) is 8.27. The van der Waals surface area contributed by atoms with E-state index in [1.165, 1.54) is 4.40 Å². The van der Waals surface area contributed by atoms with Gasteiger partial charge in [0.25, 0.3) is 5.91 Å². The van der Waals surface area contributed by atoms with E-state index in [1.54, 1.807) is 42.7 Å². The van der Waals surface area contributed by atoms with Crippen LogP contribution in [0.4, 0.5) is 5.82 Å². The SMILES string of the molecule is CC1(C)C(CC(=O)c2ccc(N3CCN(CCCCCOc4ccn5c(=O)n(C6CCC(=O)NC6=O)nc5c4)CC3)nc2)C(C)(C)C1Oc1ccc(C#N)c(Cl)c1. The molecule has 1 saturated carbocycles. The summed E-state index contributed by atoms with van der Waals surface area (Å²) in [6, 6.07) is 13.6. The fraction of sp³-hybridized carbons (Fsp3) is 0.500. The second-order valence-electron chi connectivity index (χ2n) is 16.5. The Labute approximate surface area is 336 Å². The van der Waals surface area contributed by atoms with E-state index in [0.717, 1.165) is 62.5 Å². The largest absolute Gasteiger partial charge is 0.493 e. The maximum atomic E-state index is 13.5. The minimum atomic E-state index is -0.812. The Balaban J connectivity index is 0.812. The summed E-state index contributed by atoms with van der Waals surface area (Å²) < 4.78 is 14.9. The van der Waals surface area contributed by atoms with E-state index in [2.05, 4.69) is 54.0 Å².